The van der Waals surface area contributed by atoms with Gasteiger partial charge in [0.25, 0.3) is 0 Å². The number of hydrogen-bond donors (Lipinski definition) is 0. The van der Waals surface area contributed by atoms with Gasteiger partial charge in [0.2, 0.25) is 0 Å². The van der Waals surface area contributed by atoms with Crippen LogP contribution in [0.15, 0.2) is 36.4 Å². The average molecular weight is 390 g/mol. The molecule has 4 nitrogen and oxygen atoms in total. The Kier molecular flexibility index (Phi) is 4.18. The van der Waals surface area contributed by atoms with E-state index in [-0.39, 0.29) is 41.5 Å². The topological polar surface area (TPSA) is 52.6 Å². The Labute approximate surface area is 171 Å². The highest BCUT2D eigenvalue weighted by molar-refractivity contribution is 6.17. The van der Waals surface area contributed by atoms with Gasteiger partial charge in [-0.1, -0.05) is 35.9 Å². The third kappa shape index (κ3) is 2.55. The van der Waals surface area contributed by atoms with Crippen LogP contribution < -0.4 is 4.74 Å². The van der Waals surface area contributed by atoms with Crippen molar-refractivity contribution in [1.82, 2.24) is 0 Å². The van der Waals surface area contributed by atoms with E-state index in [0.29, 0.717) is 0 Å². The lowest BCUT2D eigenvalue weighted by Crippen LogP contribution is -2.34. The molecule has 3 aliphatic rings. The predicted octanol–water partition coefficient (Wildman–Crippen LogP) is 4.04. The molecule has 2 heterocycles. The summed E-state index contributed by atoms with van der Waals surface area (Å²) in [4.78, 5) is 27.0. The van der Waals surface area contributed by atoms with Crippen molar-refractivity contribution >= 4 is 11.6 Å². The van der Waals surface area contributed by atoms with Crippen LogP contribution in [0.4, 0.5) is 0 Å². The zero-order valence-corrected chi connectivity index (χ0v) is 17.3. The van der Waals surface area contributed by atoms with Crippen LogP contribution in [0.1, 0.15) is 46.1 Å². The third-order valence-electron chi connectivity index (χ3n) is 7.15. The zero-order valence-electron chi connectivity index (χ0n) is 17.3. The third-order valence-corrected chi connectivity index (χ3v) is 7.15. The monoisotopic (exact) mass is 390 g/mol. The highest BCUT2D eigenvalue weighted by Crippen LogP contribution is 2.58. The summed E-state index contributed by atoms with van der Waals surface area (Å²) in [6, 6.07) is 12.1. The smallest absolute Gasteiger partial charge is 0.154 e. The van der Waals surface area contributed by atoms with Crippen molar-refractivity contribution in [3.8, 4) is 5.75 Å². The normalized spacial score (nSPS) is 32.7. The number of methoxy groups -OCH3 is 1. The lowest BCUT2D eigenvalue weighted by atomic mass is 9.73. The molecule has 0 spiro atoms. The van der Waals surface area contributed by atoms with Crippen LogP contribution in [0, 0.1) is 32.6 Å². The minimum Gasteiger partial charge on any atom is -0.496 e. The standard InChI is InChI=1S/C25H26O4/c1-12-9-13(2)19(14(3)10-12)21-23(26)20-18-11-16(25(29-18)22(20)24(21)27)15-7-5-6-8-17(15)28-4/h5-10,16,18,20-22,25H,11H2,1-4H3/t16-,18-,20-,21?,22+,25+/m0/s1. The number of ether oxygens (including phenoxy) is 2. The molecule has 2 aromatic carbocycles. The van der Waals surface area contributed by atoms with Gasteiger partial charge in [0.1, 0.15) is 11.7 Å². The molecule has 1 saturated carbocycles. The molecule has 0 amide bonds. The summed E-state index contributed by atoms with van der Waals surface area (Å²) in [5.41, 5.74) is 5.20. The van der Waals surface area contributed by atoms with Gasteiger partial charge in [0.15, 0.2) is 11.6 Å². The Morgan fingerprint density at radius 3 is 2.31 bits per heavy atom. The number of ketones is 2. The molecular weight excluding hydrogens is 364 g/mol. The van der Waals surface area contributed by atoms with Gasteiger partial charge in [-0.15, -0.1) is 0 Å². The summed E-state index contributed by atoms with van der Waals surface area (Å²) in [5.74, 6) is -0.277. The molecule has 29 heavy (non-hydrogen) atoms. The molecular formula is C25H26O4. The molecule has 0 N–H and O–H groups in total. The Bertz CT molecular complexity index is 1000. The quantitative estimate of drug-likeness (QED) is 0.742. The van der Waals surface area contributed by atoms with Gasteiger partial charge in [-0.05, 0) is 55.5 Å². The van der Waals surface area contributed by atoms with Crippen molar-refractivity contribution in [2.75, 3.05) is 7.11 Å². The van der Waals surface area contributed by atoms with E-state index in [0.717, 1.165) is 40.0 Å². The molecule has 2 bridgehead atoms. The van der Waals surface area contributed by atoms with Crippen LogP contribution in [0.2, 0.25) is 0 Å². The molecule has 5 rings (SSSR count). The fraction of sp³-hybridized carbons (Fsp3) is 0.440. The van der Waals surface area contributed by atoms with Crippen LogP contribution in [-0.4, -0.2) is 30.9 Å². The van der Waals surface area contributed by atoms with E-state index in [2.05, 4.69) is 18.2 Å². The fourth-order valence-corrected chi connectivity index (χ4v) is 6.17. The number of rotatable bonds is 3. The van der Waals surface area contributed by atoms with E-state index >= 15 is 0 Å². The second-order valence-corrected chi connectivity index (χ2v) is 8.83. The SMILES string of the molecule is COc1ccccc1[C@@H]1C[C@@H]2O[C@H]1[C@H]1C(=O)C(c3c(C)cc(C)cc3C)C(=O)[C@H]12. The lowest BCUT2D eigenvalue weighted by molar-refractivity contribution is -0.127. The van der Waals surface area contributed by atoms with E-state index in [1.807, 2.05) is 39.0 Å². The van der Waals surface area contributed by atoms with Gasteiger partial charge in [0.05, 0.1) is 31.2 Å². The largest absolute Gasteiger partial charge is 0.496 e. The van der Waals surface area contributed by atoms with E-state index in [4.69, 9.17) is 9.47 Å². The van der Waals surface area contributed by atoms with Gasteiger partial charge in [-0.2, -0.15) is 0 Å². The van der Waals surface area contributed by atoms with Crippen molar-refractivity contribution in [2.24, 2.45) is 11.8 Å². The summed E-state index contributed by atoms with van der Waals surface area (Å²) in [6.07, 6.45) is 0.352. The number of hydrogen-bond acceptors (Lipinski definition) is 4. The number of carbonyl (C=O) groups is 2. The molecule has 2 aromatic rings. The van der Waals surface area contributed by atoms with E-state index < -0.39 is 5.92 Å². The zero-order chi connectivity index (χ0) is 20.4. The molecule has 2 aliphatic heterocycles. The van der Waals surface area contributed by atoms with Gasteiger partial charge in [-0.3, -0.25) is 9.59 Å². The van der Waals surface area contributed by atoms with Crippen molar-refractivity contribution in [3.05, 3.63) is 64.2 Å². The van der Waals surface area contributed by atoms with E-state index in [9.17, 15) is 9.59 Å². The van der Waals surface area contributed by atoms with Gasteiger partial charge in [-0.25, -0.2) is 0 Å². The minimum atomic E-state index is -0.643. The first-order chi connectivity index (χ1) is 13.9. The molecule has 6 atom stereocenters. The summed E-state index contributed by atoms with van der Waals surface area (Å²) >= 11 is 0. The molecule has 1 unspecified atom stereocenters. The Balaban J connectivity index is 1.53. The number of benzene rings is 2. The van der Waals surface area contributed by atoms with Gasteiger partial charge >= 0.3 is 0 Å². The molecule has 1 aliphatic carbocycles. The maximum atomic E-state index is 13.6. The maximum absolute atomic E-state index is 13.6. The molecule has 3 fully saturated rings. The van der Waals surface area contributed by atoms with Crippen LogP contribution in [0.3, 0.4) is 0 Å². The second kappa shape index (κ2) is 6.53. The Morgan fingerprint density at radius 1 is 0.966 bits per heavy atom. The summed E-state index contributed by atoms with van der Waals surface area (Å²) < 4.78 is 11.8. The van der Waals surface area contributed by atoms with Crippen LogP contribution >= 0.6 is 0 Å². The second-order valence-electron chi connectivity index (χ2n) is 8.83. The summed E-state index contributed by atoms with van der Waals surface area (Å²) in [6.45, 7) is 6.06. The Hall–Kier alpha value is -2.46. The van der Waals surface area contributed by atoms with Crippen LogP contribution in [0.5, 0.6) is 5.75 Å². The first-order valence-corrected chi connectivity index (χ1v) is 10.4. The van der Waals surface area contributed by atoms with E-state index in [1.54, 1.807) is 7.11 Å². The molecule has 2 saturated heterocycles. The van der Waals surface area contributed by atoms with Gasteiger partial charge in [0, 0.05) is 5.92 Å². The van der Waals surface area contributed by atoms with Crippen molar-refractivity contribution in [2.45, 2.75) is 51.2 Å². The molecule has 4 heteroatoms. The average Bonchev–Trinajstić information content (AvgIpc) is 3.34. The van der Waals surface area contributed by atoms with Gasteiger partial charge < -0.3 is 9.47 Å². The molecule has 0 aromatic heterocycles. The summed E-state index contributed by atoms with van der Waals surface area (Å²) in [5, 5.41) is 0. The number of aryl methyl sites for hydroxylation is 3. The molecule has 0 radical (unpaired) electrons. The predicted molar refractivity (Wildman–Crippen MR) is 109 cm³/mol. The summed E-state index contributed by atoms with van der Waals surface area (Å²) in [7, 11) is 1.67. The first kappa shape index (κ1) is 18.6. The maximum Gasteiger partial charge on any atom is 0.154 e. The van der Waals surface area contributed by atoms with Crippen molar-refractivity contribution < 1.29 is 19.1 Å². The molecule has 150 valence electrons. The first-order valence-electron chi connectivity index (χ1n) is 10.4. The highest BCUT2D eigenvalue weighted by Gasteiger charge is 2.66. The minimum absolute atomic E-state index is 0.0437. The van der Waals surface area contributed by atoms with E-state index in [1.165, 1.54) is 0 Å². The number of carbonyl (C=O) groups excluding carboxylic acids is 2. The van der Waals surface area contributed by atoms with Crippen molar-refractivity contribution in [1.29, 1.82) is 0 Å². The van der Waals surface area contributed by atoms with Crippen LogP contribution in [-0.2, 0) is 14.3 Å². The number of para-hydroxylation sites is 1. The Morgan fingerprint density at radius 2 is 1.62 bits per heavy atom. The fourth-order valence-electron chi connectivity index (χ4n) is 6.17. The van der Waals surface area contributed by atoms with Crippen LogP contribution in [0.25, 0.3) is 0 Å². The number of fused-ring (bicyclic) bond motifs is 5. The number of Topliss-reactive ketones (excluding diaryl/α,β-unsaturated/α-hetero) is 2. The van der Waals surface area contributed by atoms with Crippen molar-refractivity contribution in [3.63, 3.8) is 0 Å². The highest BCUT2D eigenvalue weighted by atomic mass is 16.5. The lowest BCUT2D eigenvalue weighted by Gasteiger charge is -2.27.